The molecule has 0 spiro atoms. The molecule has 0 bridgehead atoms. The van der Waals surface area contributed by atoms with Gasteiger partial charge in [-0.25, -0.2) is 0 Å². The van der Waals surface area contributed by atoms with Crippen LogP contribution in [0.3, 0.4) is 0 Å². The first-order valence-corrected chi connectivity index (χ1v) is 26.7. The number of Topliss-reactive ketones (excluding diaryl/α,β-unsaturated/α-hetero) is 3. The van der Waals surface area contributed by atoms with Crippen molar-refractivity contribution in [3.8, 4) is 11.5 Å². The highest BCUT2D eigenvalue weighted by Gasteiger charge is 2.31. The van der Waals surface area contributed by atoms with E-state index in [0.717, 1.165) is 65.1 Å². The van der Waals surface area contributed by atoms with Crippen LogP contribution in [0.1, 0.15) is 125 Å². The lowest BCUT2D eigenvalue weighted by Gasteiger charge is -2.18. The molecular formula is C67H78F9N3O6. The van der Waals surface area contributed by atoms with Gasteiger partial charge in [-0.1, -0.05) is 139 Å². The quantitative estimate of drug-likeness (QED) is 0.0540. The average Bonchev–Trinajstić information content (AvgIpc) is 3.53. The van der Waals surface area contributed by atoms with Crippen molar-refractivity contribution in [2.45, 2.75) is 132 Å². The fourth-order valence-electron chi connectivity index (χ4n) is 6.58. The molecule has 7 aromatic rings. The lowest BCUT2D eigenvalue weighted by atomic mass is 9.86. The molecule has 7 N–H and O–H groups in total. The Hall–Kier alpha value is -8.41. The fraction of sp³-hybridized carbons (Fsp3) is 0.313. The van der Waals surface area contributed by atoms with Crippen LogP contribution in [-0.2, 0) is 75.4 Å². The highest BCUT2D eigenvalue weighted by atomic mass is 19.4. The fourth-order valence-corrected chi connectivity index (χ4v) is 6.58. The van der Waals surface area contributed by atoms with Crippen molar-refractivity contribution in [2.24, 2.45) is 5.41 Å². The van der Waals surface area contributed by atoms with E-state index in [0.29, 0.717) is 36.3 Å². The van der Waals surface area contributed by atoms with E-state index in [1.807, 2.05) is 71.0 Å². The number of aryl methyl sites for hydroxylation is 2. The number of phenolic OH excluding ortho intramolecular Hbond substituents is 2. The average molecular weight is 1190 g/mol. The van der Waals surface area contributed by atoms with Crippen LogP contribution < -0.4 is 16.8 Å². The summed E-state index contributed by atoms with van der Waals surface area (Å²) in [6.07, 6.45) is -10.9. The molecule has 0 unspecified atom stereocenters. The van der Waals surface area contributed by atoms with E-state index in [9.17, 15) is 58.7 Å². The number of ketones is 3. The summed E-state index contributed by atoms with van der Waals surface area (Å²) >= 11 is 0. The van der Waals surface area contributed by atoms with Crippen molar-refractivity contribution < 1.29 is 68.9 Å². The summed E-state index contributed by atoms with van der Waals surface area (Å²) in [6, 6.07) is 43.8. The van der Waals surface area contributed by atoms with Gasteiger partial charge in [-0.15, -0.1) is 0 Å². The van der Waals surface area contributed by atoms with Gasteiger partial charge in [-0.3, -0.25) is 19.2 Å². The van der Waals surface area contributed by atoms with Crippen LogP contribution in [0.5, 0.6) is 11.5 Å². The Morgan fingerprint density at radius 3 is 0.988 bits per heavy atom. The van der Waals surface area contributed by atoms with Crippen molar-refractivity contribution in [3.63, 3.8) is 0 Å². The Morgan fingerprint density at radius 1 is 0.412 bits per heavy atom. The van der Waals surface area contributed by atoms with Crippen LogP contribution in [0.25, 0.3) is 0 Å². The van der Waals surface area contributed by atoms with Crippen LogP contribution in [0.2, 0.25) is 0 Å². The van der Waals surface area contributed by atoms with E-state index in [2.05, 4.69) is 38.2 Å². The highest BCUT2D eigenvalue weighted by molar-refractivity contribution is 5.85. The third-order valence-corrected chi connectivity index (χ3v) is 11.6. The summed E-state index contributed by atoms with van der Waals surface area (Å²) in [6.45, 7) is 21.4. The number of anilines is 2. The van der Waals surface area contributed by atoms with Gasteiger partial charge in [-0.2, -0.15) is 39.5 Å². The summed E-state index contributed by atoms with van der Waals surface area (Å²) in [5.74, 6) is 0.855. The van der Waals surface area contributed by atoms with Crippen molar-refractivity contribution >= 4 is 34.6 Å². The molecule has 7 aromatic carbocycles. The van der Waals surface area contributed by atoms with Crippen molar-refractivity contribution in [3.05, 3.63) is 225 Å². The van der Waals surface area contributed by atoms with Gasteiger partial charge >= 0.3 is 18.5 Å². The molecule has 1 amide bonds. The minimum atomic E-state index is -4.31. The van der Waals surface area contributed by atoms with E-state index in [4.69, 9.17) is 21.7 Å². The molecule has 0 saturated carbocycles. The molecule has 9 nitrogen and oxygen atoms in total. The van der Waals surface area contributed by atoms with Crippen LogP contribution in [0.4, 0.5) is 50.9 Å². The first-order chi connectivity index (χ1) is 39.2. The molecule has 7 rings (SSSR count). The molecule has 0 radical (unpaired) electrons. The number of amides is 1. The molecule has 0 fully saturated rings. The molecule has 18 heteroatoms. The lowest BCUT2D eigenvalue weighted by Crippen LogP contribution is -2.21. The Labute approximate surface area is 493 Å². The highest BCUT2D eigenvalue weighted by Crippen LogP contribution is 2.31. The van der Waals surface area contributed by atoms with Gasteiger partial charge in [0.15, 0.2) is 0 Å². The van der Waals surface area contributed by atoms with Crippen molar-refractivity contribution in [1.29, 1.82) is 0 Å². The Balaban J connectivity index is 0.000000498. The zero-order chi connectivity index (χ0) is 64.9. The number of benzene rings is 7. The van der Waals surface area contributed by atoms with Crippen LogP contribution in [0, 0.1) is 12.3 Å². The van der Waals surface area contributed by atoms with Crippen molar-refractivity contribution in [1.82, 2.24) is 5.32 Å². The molecule has 0 aliphatic rings. The molecule has 0 saturated heterocycles. The number of aromatic hydroxyl groups is 2. The molecule has 460 valence electrons. The van der Waals surface area contributed by atoms with Gasteiger partial charge in [0, 0.05) is 49.5 Å². The Bertz CT molecular complexity index is 2980. The lowest BCUT2D eigenvalue weighted by molar-refractivity contribution is -0.138. The van der Waals surface area contributed by atoms with Gasteiger partial charge < -0.3 is 27.0 Å². The van der Waals surface area contributed by atoms with Gasteiger partial charge in [0.2, 0.25) is 5.91 Å². The first-order valence-electron chi connectivity index (χ1n) is 26.7. The number of nitrogen functional groups attached to an aromatic ring is 2. The largest absolute Gasteiger partial charge is 0.508 e. The van der Waals surface area contributed by atoms with Crippen molar-refractivity contribution in [2.75, 3.05) is 11.5 Å². The number of carbonyl (C=O) groups excluding carboxylic acids is 4. The molecular weight excluding hydrogens is 1110 g/mol. The topological polar surface area (TPSA) is 173 Å². The van der Waals surface area contributed by atoms with Gasteiger partial charge in [0.25, 0.3) is 0 Å². The number of nitrogens with two attached hydrogens (primary N) is 2. The second-order valence-electron chi connectivity index (χ2n) is 21.6. The molecule has 0 aliphatic heterocycles. The second-order valence-corrected chi connectivity index (χ2v) is 21.6. The maximum atomic E-state index is 12.1. The van der Waals surface area contributed by atoms with E-state index < -0.39 is 35.2 Å². The number of hydrogen-bond donors (Lipinski definition) is 5. The summed E-state index contributed by atoms with van der Waals surface area (Å²) in [5, 5.41) is 20.5. The molecule has 0 atom stereocenters. The number of alkyl halides is 9. The monoisotopic (exact) mass is 1190 g/mol. The number of rotatable bonds is 9. The van der Waals surface area contributed by atoms with Gasteiger partial charge in [0.1, 0.15) is 28.8 Å². The standard InChI is InChI=1S/C13H18O.C12H16O2.C10H9F3O.C10H13NO.C9H9F3.C7H6F3N.C6H7NO/c1-10(14)9-11-5-7-12(8-6-11)13(2,3)4;1-12(2,3)11(14)8-9-4-6-10(13)7-5-9;1-7(14)6-8-2-4-9(5-3-8)10(11,12)13;1-8-3-5-10(6-4-8)7-11-9(2)12;1-2-7-3-5-8(6-4-7)9(10,11)12;8-7(9,10)5-1-3-6(11)4-2-5;7-5-1-3-6(8)4-2-5/h5-8H,9H2,1-4H3;4-7,13H,8H2,1-3H3;2-5H,6H2,1H3;3-6H,7H2,1-2H3,(H,11,12);3-6H,2H2,1H3;1-4H,11H2;1-4,8H,7H2. The van der Waals surface area contributed by atoms with Crippen LogP contribution >= 0.6 is 0 Å². The number of carbonyl (C=O) groups is 4. The first kappa shape index (κ1) is 74.6. The number of nitrogens with one attached hydrogen (secondary N) is 1. The smallest absolute Gasteiger partial charge is 0.416 e. The molecule has 0 aromatic heterocycles. The molecule has 85 heavy (non-hydrogen) atoms. The summed E-state index contributed by atoms with van der Waals surface area (Å²) in [4.78, 5) is 43.8. The third-order valence-electron chi connectivity index (χ3n) is 11.6. The van der Waals surface area contributed by atoms with Gasteiger partial charge in [-0.05, 0) is 151 Å². The summed E-state index contributed by atoms with van der Waals surface area (Å²) < 4.78 is 108. The summed E-state index contributed by atoms with van der Waals surface area (Å²) in [7, 11) is 0. The van der Waals surface area contributed by atoms with Crippen LogP contribution in [0.15, 0.2) is 170 Å². The normalized spacial score (nSPS) is 11.0. The predicted molar refractivity (Wildman–Crippen MR) is 320 cm³/mol. The van der Waals surface area contributed by atoms with E-state index >= 15 is 0 Å². The van der Waals surface area contributed by atoms with E-state index in [-0.39, 0.29) is 52.0 Å². The minimum absolute atomic E-state index is 0.00979. The third kappa shape index (κ3) is 33.5. The Morgan fingerprint density at radius 2 is 0.694 bits per heavy atom. The second kappa shape index (κ2) is 35.0. The molecule has 0 aliphatic carbocycles. The minimum Gasteiger partial charge on any atom is -0.508 e. The maximum Gasteiger partial charge on any atom is 0.416 e. The molecule has 0 heterocycles. The number of hydrogen-bond acceptors (Lipinski definition) is 8. The van der Waals surface area contributed by atoms with E-state index in [1.165, 1.54) is 61.4 Å². The van der Waals surface area contributed by atoms with Gasteiger partial charge in [0.05, 0.1) is 16.7 Å². The maximum absolute atomic E-state index is 12.1. The van der Waals surface area contributed by atoms with Crippen LogP contribution in [-0.4, -0.2) is 33.5 Å². The number of halogens is 9. The SMILES string of the molecule is CC(=O)Cc1ccc(C(C)(C)C)cc1.CC(=O)Cc1ccc(C(F)(F)F)cc1.CC(=O)NCc1ccc(C)cc1.CC(C)(C)C(=O)Cc1ccc(O)cc1.CCc1ccc(C(F)(F)F)cc1.Nc1ccc(C(F)(F)F)cc1.Nc1ccc(O)cc1. The number of phenols is 2. The predicted octanol–water partition coefficient (Wildman–Crippen LogP) is 16.7. The Kier molecular flexibility index (Phi) is 30.7. The summed E-state index contributed by atoms with van der Waals surface area (Å²) in [5.41, 5.74) is 16.7. The zero-order valence-corrected chi connectivity index (χ0v) is 49.8. The zero-order valence-electron chi connectivity index (χ0n) is 49.8. The van der Waals surface area contributed by atoms with E-state index in [1.54, 1.807) is 55.5 Å².